The zero-order chi connectivity index (χ0) is 21.8. The Labute approximate surface area is 188 Å². The maximum absolute atomic E-state index is 12.6. The molecule has 1 aliphatic heterocycles. The number of nitrogens with zero attached hydrogens (tertiary/aromatic N) is 3. The Bertz CT molecular complexity index is 1190. The van der Waals surface area contributed by atoms with Crippen molar-refractivity contribution in [3.8, 4) is 0 Å². The van der Waals surface area contributed by atoms with Crippen molar-refractivity contribution in [2.75, 3.05) is 39.3 Å². The van der Waals surface area contributed by atoms with Crippen LogP contribution in [-0.4, -0.2) is 64.9 Å². The molecule has 1 aliphatic rings. The maximum atomic E-state index is 12.6. The van der Waals surface area contributed by atoms with Gasteiger partial charge in [0.15, 0.2) is 0 Å². The van der Waals surface area contributed by atoms with E-state index >= 15 is 0 Å². The van der Waals surface area contributed by atoms with Gasteiger partial charge in [0, 0.05) is 56.2 Å². The van der Waals surface area contributed by atoms with E-state index in [4.69, 9.17) is 0 Å². The summed E-state index contributed by atoms with van der Waals surface area (Å²) in [6, 6.07) is 20.6. The van der Waals surface area contributed by atoms with Crippen molar-refractivity contribution in [3.05, 3.63) is 78.1 Å². The van der Waals surface area contributed by atoms with Crippen LogP contribution in [0.1, 0.15) is 22.5 Å². The number of hydrogen-bond donors (Lipinski definition) is 2. The lowest BCUT2D eigenvalue weighted by Crippen LogP contribution is -2.46. The number of aromatic amines is 1. The number of benzene rings is 2. The van der Waals surface area contributed by atoms with E-state index in [0.29, 0.717) is 12.2 Å². The number of fused-ring (bicyclic) bond motifs is 3. The Morgan fingerprint density at radius 1 is 0.938 bits per heavy atom. The lowest BCUT2D eigenvalue weighted by molar-refractivity contribution is 0.0943. The highest BCUT2D eigenvalue weighted by atomic mass is 16.1. The van der Waals surface area contributed by atoms with Crippen LogP contribution in [0.4, 0.5) is 0 Å². The topological polar surface area (TPSA) is 64.3 Å². The Morgan fingerprint density at radius 2 is 1.72 bits per heavy atom. The normalized spacial score (nSPS) is 15.4. The van der Waals surface area contributed by atoms with Crippen molar-refractivity contribution >= 4 is 27.7 Å². The van der Waals surface area contributed by atoms with E-state index in [2.05, 4.69) is 55.4 Å². The maximum Gasteiger partial charge on any atom is 0.267 e. The average Bonchev–Trinajstić information content (AvgIpc) is 3.29. The van der Waals surface area contributed by atoms with Crippen LogP contribution in [0.3, 0.4) is 0 Å². The van der Waals surface area contributed by atoms with Gasteiger partial charge in [0.05, 0.1) is 11.0 Å². The van der Waals surface area contributed by atoms with Crippen LogP contribution in [0.15, 0.2) is 66.9 Å². The highest BCUT2D eigenvalue weighted by Crippen LogP contribution is 2.23. The number of piperazine rings is 1. The summed E-state index contributed by atoms with van der Waals surface area (Å²) >= 11 is 0. The number of rotatable bonds is 7. The molecule has 2 N–H and O–H groups in total. The predicted octanol–water partition coefficient (Wildman–Crippen LogP) is 3.65. The third-order valence-electron chi connectivity index (χ3n) is 6.26. The number of hydrogen-bond acceptors (Lipinski definition) is 4. The second-order valence-corrected chi connectivity index (χ2v) is 8.50. The van der Waals surface area contributed by atoms with Crippen LogP contribution >= 0.6 is 0 Å². The Kier molecular flexibility index (Phi) is 6.14. The number of pyridine rings is 1. The summed E-state index contributed by atoms with van der Waals surface area (Å²) in [6.45, 7) is 7.08. The van der Waals surface area contributed by atoms with Crippen LogP contribution in [0.25, 0.3) is 21.8 Å². The molecule has 1 amide bonds. The highest BCUT2D eigenvalue weighted by Gasteiger charge is 2.17. The van der Waals surface area contributed by atoms with Gasteiger partial charge in [-0.1, -0.05) is 48.5 Å². The van der Waals surface area contributed by atoms with Gasteiger partial charge in [0.2, 0.25) is 0 Å². The Balaban J connectivity index is 1.07. The van der Waals surface area contributed by atoms with Crippen LogP contribution in [0.5, 0.6) is 0 Å². The van der Waals surface area contributed by atoms with Gasteiger partial charge in [-0.05, 0) is 30.7 Å². The predicted molar refractivity (Wildman–Crippen MR) is 129 cm³/mol. The molecular weight excluding hydrogens is 398 g/mol. The molecule has 6 nitrogen and oxygen atoms in total. The van der Waals surface area contributed by atoms with Crippen LogP contribution in [0, 0.1) is 0 Å². The molecule has 2 aromatic heterocycles. The first-order chi connectivity index (χ1) is 15.8. The standard InChI is InChI=1S/C26H29N5O/c32-26(23-18-22-10-9-21-8-4-11-27-24(21)25(22)29-23)28-12-5-13-30-14-16-31(17-15-30)19-20-6-2-1-3-7-20/h1-4,6-11,18,29H,5,12-17,19H2,(H,28,32). The van der Waals surface area contributed by atoms with Crippen molar-refractivity contribution in [3.63, 3.8) is 0 Å². The lowest BCUT2D eigenvalue weighted by Gasteiger charge is -2.34. The van der Waals surface area contributed by atoms with E-state index in [-0.39, 0.29) is 5.91 Å². The lowest BCUT2D eigenvalue weighted by atomic mass is 10.1. The van der Waals surface area contributed by atoms with Gasteiger partial charge in [-0.25, -0.2) is 0 Å². The number of amides is 1. The molecule has 0 bridgehead atoms. The molecule has 164 valence electrons. The smallest absolute Gasteiger partial charge is 0.267 e. The van der Waals surface area contributed by atoms with Gasteiger partial charge in [-0.2, -0.15) is 0 Å². The van der Waals surface area contributed by atoms with Gasteiger partial charge < -0.3 is 15.2 Å². The van der Waals surface area contributed by atoms with Gasteiger partial charge in [-0.15, -0.1) is 0 Å². The first kappa shape index (κ1) is 20.7. The van der Waals surface area contributed by atoms with Crippen molar-refractivity contribution in [1.29, 1.82) is 0 Å². The summed E-state index contributed by atoms with van der Waals surface area (Å²) in [7, 11) is 0. The molecule has 1 fully saturated rings. The molecule has 4 aromatic rings. The number of carbonyl (C=O) groups excluding carboxylic acids is 1. The zero-order valence-corrected chi connectivity index (χ0v) is 18.3. The molecule has 2 aromatic carbocycles. The molecule has 0 aliphatic carbocycles. The second kappa shape index (κ2) is 9.51. The van der Waals surface area contributed by atoms with Crippen molar-refractivity contribution in [2.24, 2.45) is 0 Å². The molecule has 1 saturated heterocycles. The third kappa shape index (κ3) is 4.66. The molecule has 3 heterocycles. The fraction of sp³-hybridized carbons (Fsp3) is 0.308. The van der Waals surface area contributed by atoms with Crippen molar-refractivity contribution in [1.82, 2.24) is 25.1 Å². The summed E-state index contributed by atoms with van der Waals surface area (Å²) in [5.74, 6) is -0.0574. The fourth-order valence-electron chi connectivity index (χ4n) is 4.47. The SMILES string of the molecule is O=C(NCCCN1CCN(Cc2ccccc2)CC1)c1cc2ccc3cccnc3c2[nH]1. The van der Waals surface area contributed by atoms with Gasteiger partial charge in [0.1, 0.15) is 5.69 Å². The van der Waals surface area contributed by atoms with Crippen LogP contribution in [-0.2, 0) is 6.54 Å². The minimum absolute atomic E-state index is 0.0574. The zero-order valence-electron chi connectivity index (χ0n) is 18.3. The van der Waals surface area contributed by atoms with Gasteiger partial charge in [-0.3, -0.25) is 14.7 Å². The molecule has 0 unspecified atom stereocenters. The quantitative estimate of drug-likeness (QED) is 0.442. The monoisotopic (exact) mass is 427 g/mol. The molecule has 6 heteroatoms. The minimum atomic E-state index is -0.0574. The van der Waals surface area contributed by atoms with Gasteiger partial charge in [0.25, 0.3) is 5.91 Å². The molecule has 32 heavy (non-hydrogen) atoms. The number of carbonyl (C=O) groups is 1. The van der Waals surface area contributed by atoms with E-state index in [0.717, 1.165) is 67.5 Å². The summed E-state index contributed by atoms with van der Waals surface area (Å²) in [5, 5.41) is 5.14. The number of aromatic nitrogens is 2. The molecule has 0 radical (unpaired) electrons. The van der Waals surface area contributed by atoms with Gasteiger partial charge >= 0.3 is 0 Å². The van der Waals surface area contributed by atoms with Crippen LogP contribution < -0.4 is 5.32 Å². The van der Waals surface area contributed by atoms with E-state index in [1.54, 1.807) is 6.20 Å². The summed E-state index contributed by atoms with van der Waals surface area (Å²) in [4.78, 5) is 25.4. The van der Waals surface area contributed by atoms with E-state index in [9.17, 15) is 4.79 Å². The summed E-state index contributed by atoms with van der Waals surface area (Å²) in [6.07, 6.45) is 2.74. The Hall–Kier alpha value is -3.22. The van der Waals surface area contributed by atoms with E-state index in [1.165, 1.54) is 5.56 Å². The molecular formula is C26H29N5O. The van der Waals surface area contributed by atoms with Crippen molar-refractivity contribution < 1.29 is 4.79 Å². The summed E-state index contributed by atoms with van der Waals surface area (Å²) < 4.78 is 0. The largest absolute Gasteiger partial charge is 0.351 e. The molecule has 0 spiro atoms. The Morgan fingerprint density at radius 3 is 2.56 bits per heavy atom. The fourth-order valence-corrected chi connectivity index (χ4v) is 4.47. The van der Waals surface area contributed by atoms with E-state index in [1.807, 2.05) is 30.3 Å². The molecule has 0 atom stereocenters. The van der Waals surface area contributed by atoms with E-state index < -0.39 is 0 Å². The first-order valence-corrected chi connectivity index (χ1v) is 11.4. The average molecular weight is 428 g/mol. The number of H-pyrrole nitrogens is 1. The number of nitrogens with one attached hydrogen (secondary N) is 2. The minimum Gasteiger partial charge on any atom is -0.351 e. The van der Waals surface area contributed by atoms with Crippen molar-refractivity contribution in [2.45, 2.75) is 13.0 Å². The third-order valence-corrected chi connectivity index (χ3v) is 6.26. The molecule has 0 saturated carbocycles. The first-order valence-electron chi connectivity index (χ1n) is 11.4. The summed E-state index contributed by atoms with van der Waals surface area (Å²) in [5.41, 5.74) is 3.79. The second-order valence-electron chi connectivity index (χ2n) is 8.50. The highest BCUT2D eigenvalue weighted by molar-refractivity contribution is 6.07. The van der Waals surface area contributed by atoms with Crippen LogP contribution in [0.2, 0.25) is 0 Å². The molecule has 5 rings (SSSR count).